The molecule has 0 aliphatic carbocycles. The van der Waals surface area contributed by atoms with Gasteiger partial charge in [-0.3, -0.25) is 19.9 Å². The van der Waals surface area contributed by atoms with Crippen molar-refractivity contribution in [3.63, 3.8) is 0 Å². The summed E-state index contributed by atoms with van der Waals surface area (Å²) in [5.74, 6) is -1.29. The van der Waals surface area contributed by atoms with Crippen molar-refractivity contribution in [1.82, 2.24) is 4.98 Å². The van der Waals surface area contributed by atoms with E-state index in [2.05, 4.69) is 10.3 Å². The first kappa shape index (κ1) is 16.4. The molecule has 0 bridgehead atoms. The summed E-state index contributed by atoms with van der Waals surface area (Å²) in [6, 6.07) is 6.51. The van der Waals surface area contributed by atoms with Crippen molar-refractivity contribution in [1.29, 1.82) is 0 Å². The molecule has 0 aliphatic heterocycles. The number of nitro groups is 1. The van der Waals surface area contributed by atoms with Gasteiger partial charge >= 0.3 is 5.97 Å². The number of non-ortho nitro benzene ring substituents is 1. The number of pyridine rings is 1. The Kier molecular flexibility index (Phi) is 5.21. The molecule has 1 aromatic heterocycles. The SMILES string of the molecule is O=C(COC(=O)c1ccncc1)Nc1ccc([N+](=O)[O-])cc1Cl. The Morgan fingerprint density at radius 3 is 2.57 bits per heavy atom. The first-order chi connectivity index (χ1) is 11.0. The minimum atomic E-state index is -0.669. The fourth-order valence-electron chi connectivity index (χ4n) is 1.61. The van der Waals surface area contributed by atoms with Crippen molar-refractivity contribution in [2.75, 3.05) is 11.9 Å². The van der Waals surface area contributed by atoms with Gasteiger partial charge in [0.1, 0.15) is 0 Å². The van der Waals surface area contributed by atoms with Crippen LogP contribution in [0.5, 0.6) is 0 Å². The number of hydrogen-bond acceptors (Lipinski definition) is 6. The summed E-state index contributed by atoms with van der Waals surface area (Å²) < 4.78 is 4.83. The second kappa shape index (κ2) is 7.32. The van der Waals surface area contributed by atoms with E-state index < -0.39 is 23.4 Å². The van der Waals surface area contributed by atoms with E-state index in [9.17, 15) is 19.7 Å². The summed E-state index contributed by atoms with van der Waals surface area (Å²) in [4.78, 5) is 37.1. The zero-order valence-corrected chi connectivity index (χ0v) is 12.3. The number of halogens is 1. The standard InChI is InChI=1S/C14H10ClN3O5/c15-11-7-10(18(21)22)1-2-12(11)17-13(19)8-23-14(20)9-3-5-16-6-4-9/h1-7H,8H2,(H,17,19). The molecule has 0 radical (unpaired) electrons. The summed E-state index contributed by atoms with van der Waals surface area (Å²) >= 11 is 5.84. The second-order valence-electron chi connectivity index (χ2n) is 4.28. The first-order valence-corrected chi connectivity index (χ1v) is 6.66. The summed E-state index contributed by atoms with van der Waals surface area (Å²) in [5, 5.41) is 13.0. The summed E-state index contributed by atoms with van der Waals surface area (Å²) in [7, 11) is 0. The van der Waals surface area contributed by atoms with Gasteiger partial charge in [-0.15, -0.1) is 0 Å². The maximum absolute atomic E-state index is 11.7. The van der Waals surface area contributed by atoms with Crippen LogP contribution in [0.25, 0.3) is 0 Å². The molecule has 1 aromatic carbocycles. The number of nitrogens with zero attached hydrogens (tertiary/aromatic N) is 2. The lowest BCUT2D eigenvalue weighted by molar-refractivity contribution is -0.384. The normalized spacial score (nSPS) is 9.96. The number of carbonyl (C=O) groups is 2. The van der Waals surface area contributed by atoms with Gasteiger partial charge in [-0.25, -0.2) is 4.79 Å². The van der Waals surface area contributed by atoms with Crippen molar-refractivity contribution in [2.45, 2.75) is 0 Å². The molecule has 1 amide bonds. The van der Waals surface area contributed by atoms with Gasteiger partial charge in [0.2, 0.25) is 0 Å². The molecular formula is C14H10ClN3O5. The molecule has 0 saturated carbocycles. The fourth-order valence-corrected chi connectivity index (χ4v) is 1.83. The molecule has 1 N–H and O–H groups in total. The Labute approximate surface area is 135 Å². The molecule has 0 saturated heterocycles. The third-order valence-electron chi connectivity index (χ3n) is 2.69. The van der Waals surface area contributed by atoms with E-state index >= 15 is 0 Å². The lowest BCUT2D eigenvalue weighted by Gasteiger charge is -2.08. The maximum atomic E-state index is 11.7. The van der Waals surface area contributed by atoms with Crippen LogP contribution in [-0.4, -0.2) is 28.4 Å². The van der Waals surface area contributed by atoms with E-state index in [0.717, 1.165) is 6.07 Å². The monoisotopic (exact) mass is 335 g/mol. The molecule has 2 aromatic rings. The van der Waals surface area contributed by atoms with Crippen molar-refractivity contribution >= 4 is 34.9 Å². The summed E-state index contributed by atoms with van der Waals surface area (Å²) in [5.41, 5.74) is 0.250. The van der Waals surface area contributed by atoms with Crippen molar-refractivity contribution in [3.05, 3.63) is 63.4 Å². The number of benzene rings is 1. The fraction of sp³-hybridized carbons (Fsp3) is 0.0714. The van der Waals surface area contributed by atoms with E-state index in [4.69, 9.17) is 16.3 Å². The molecule has 0 fully saturated rings. The van der Waals surface area contributed by atoms with Crippen LogP contribution < -0.4 is 5.32 Å². The predicted octanol–water partition coefficient (Wildman–Crippen LogP) is 2.44. The number of carbonyl (C=O) groups excluding carboxylic acids is 2. The van der Waals surface area contributed by atoms with Gasteiger partial charge < -0.3 is 10.1 Å². The lowest BCUT2D eigenvalue weighted by atomic mass is 10.3. The van der Waals surface area contributed by atoms with Gasteiger partial charge in [0, 0.05) is 24.5 Å². The highest BCUT2D eigenvalue weighted by Gasteiger charge is 2.13. The Morgan fingerprint density at radius 2 is 1.96 bits per heavy atom. The molecule has 0 spiro atoms. The minimum absolute atomic E-state index is 0.00742. The van der Waals surface area contributed by atoms with E-state index in [1.807, 2.05) is 0 Å². The third kappa shape index (κ3) is 4.48. The Morgan fingerprint density at radius 1 is 1.26 bits per heavy atom. The molecule has 2 rings (SSSR count). The highest BCUT2D eigenvalue weighted by atomic mass is 35.5. The molecule has 23 heavy (non-hydrogen) atoms. The number of ether oxygens (including phenoxy) is 1. The quantitative estimate of drug-likeness (QED) is 0.510. The number of hydrogen-bond donors (Lipinski definition) is 1. The van der Waals surface area contributed by atoms with E-state index in [1.54, 1.807) is 0 Å². The molecule has 1 heterocycles. The maximum Gasteiger partial charge on any atom is 0.338 e. The highest BCUT2D eigenvalue weighted by Crippen LogP contribution is 2.26. The number of amides is 1. The Balaban J connectivity index is 1.92. The lowest BCUT2D eigenvalue weighted by Crippen LogP contribution is -2.21. The number of rotatable bonds is 5. The van der Waals surface area contributed by atoms with Gasteiger partial charge in [-0.2, -0.15) is 0 Å². The van der Waals surface area contributed by atoms with Crippen molar-refractivity contribution < 1.29 is 19.2 Å². The molecule has 9 heteroatoms. The van der Waals surface area contributed by atoms with Gasteiger partial charge in [0.15, 0.2) is 6.61 Å². The average molecular weight is 336 g/mol. The van der Waals surface area contributed by atoms with Crippen molar-refractivity contribution in [3.8, 4) is 0 Å². The van der Waals surface area contributed by atoms with Crippen LogP contribution in [0.4, 0.5) is 11.4 Å². The van der Waals surface area contributed by atoms with E-state index in [-0.39, 0.29) is 22.0 Å². The van der Waals surface area contributed by atoms with Crippen LogP contribution in [0.1, 0.15) is 10.4 Å². The van der Waals surface area contributed by atoms with Crippen LogP contribution in [0.3, 0.4) is 0 Å². The first-order valence-electron chi connectivity index (χ1n) is 6.28. The number of nitro benzene ring substituents is 1. The predicted molar refractivity (Wildman–Crippen MR) is 81.3 cm³/mol. The van der Waals surface area contributed by atoms with Crippen LogP contribution in [0.2, 0.25) is 5.02 Å². The second-order valence-corrected chi connectivity index (χ2v) is 4.69. The van der Waals surface area contributed by atoms with Gasteiger partial charge in [0.25, 0.3) is 11.6 Å². The minimum Gasteiger partial charge on any atom is -0.452 e. The number of nitrogens with one attached hydrogen (secondary N) is 1. The van der Waals surface area contributed by atoms with E-state index in [1.165, 1.54) is 36.7 Å². The van der Waals surface area contributed by atoms with Crippen LogP contribution in [0, 0.1) is 10.1 Å². The zero-order valence-electron chi connectivity index (χ0n) is 11.6. The van der Waals surface area contributed by atoms with Crippen LogP contribution in [-0.2, 0) is 9.53 Å². The molecule has 118 valence electrons. The largest absolute Gasteiger partial charge is 0.452 e. The zero-order chi connectivity index (χ0) is 16.8. The molecule has 0 unspecified atom stereocenters. The topological polar surface area (TPSA) is 111 Å². The molecule has 0 atom stereocenters. The smallest absolute Gasteiger partial charge is 0.338 e. The molecular weight excluding hydrogens is 326 g/mol. The summed E-state index contributed by atoms with van der Waals surface area (Å²) in [6.45, 7) is -0.519. The van der Waals surface area contributed by atoms with Gasteiger partial charge in [-0.05, 0) is 18.2 Å². The average Bonchev–Trinajstić information content (AvgIpc) is 2.55. The summed E-state index contributed by atoms with van der Waals surface area (Å²) in [6.07, 6.45) is 2.85. The number of esters is 1. The Hall–Kier alpha value is -3.00. The van der Waals surface area contributed by atoms with Crippen molar-refractivity contribution in [2.24, 2.45) is 0 Å². The molecule has 0 aliphatic rings. The van der Waals surface area contributed by atoms with E-state index in [0.29, 0.717) is 0 Å². The third-order valence-corrected chi connectivity index (χ3v) is 3.00. The highest BCUT2D eigenvalue weighted by molar-refractivity contribution is 6.34. The van der Waals surface area contributed by atoms with Gasteiger partial charge in [-0.1, -0.05) is 11.6 Å². The van der Waals surface area contributed by atoms with Gasteiger partial charge in [0.05, 0.1) is 21.2 Å². The Bertz CT molecular complexity index is 751. The van der Waals surface area contributed by atoms with Crippen LogP contribution in [0.15, 0.2) is 42.7 Å². The number of aromatic nitrogens is 1. The van der Waals surface area contributed by atoms with Crippen LogP contribution >= 0.6 is 11.6 Å². The number of anilines is 1. The molecule has 8 nitrogen and oxygen atoms in total.